The molecule has 0 unspecified atom stereocenters. The summed E-state index contributed by atoms with van der Waals surface area (Å²) in [5, 5.41) is 9.82. The minimum atomic E-state index is -0.984. The van der Waals surface area contributed by atoms with E-state index in [1.54, 1.807) is 18.3 Å². The number of rotatable bonds is 5. The number of ether oxygens (including phenoxy) is 1. The smallest absolute Gasteiger partial charge is 0.328 e. The largest absolute Gasteiger partial charge is 0.485 e. The van der Waals surface area contributed by atoms with Gasteiger partial charge in [0.15, 0.2) is 0 Å². The van der Waals surface area contributed by atoms with Gasteiger partial charge in [0.05, 0.1) is 5.02 Å². The Bertz CT molecular complexity index is 609. The molecule has 0 saturated heterocycles. The molecule has 98 valence electrons. The molecular formula is C13H10ClNO3S. The Balaban J connectivity index is 1.97. The minimum Gasteiger partial charge on any atom is -0.485 e. The normalized spacial score (nSPS) is 10.8. The number of nitrogens with zero attached hydrogens (tertiary/aromatic N) is 1. The van der Waals surface area contributed by atoms with Crippen LogP contribution < -0.4 is 4.74 Å². The monoisotopic (exact) mass is 295 g/mol. The lowest BCUT2D eigenvalue weighted by Gasteiger charge is -2.04. The summed E-state index contributed by atoms with van der Waals surface area (Å²) < 4.78 is 5.54. The van der Waals surface area contributed by atoms with Crippen LogP contribution in [0.4, 0.5) is 0 Å². The fraction of sp³-hybridized carbons (Fsp3) is 0.0769. The second-order valence-electron chi connectivity index (χ2n) is 3.55. The number of para-hydroxylation sites is 1. The Kier molecular flexibility index (Phi) is 4.54. The average Bonchev–Trinajstić information content (AvgIpc) is 2.83. The van der Waals surface area contributed by atoms with Crippen molar-refractivity contribution in [3.05, 3.63) is 51.4 Å². The summed E-state index contributed by atoms with van der Waals surface area (Å²) in [6.07, 6.45) is 4.18. The molecule has 2 aromatic rings. The Hall–Kier alpha value is -1.85. The van der Waals surface area contributed by atoms with Crippen molar-refractivity contribution in [3.63, 3.8) is 0 Å². The van der Waals surface area contributed by atoms with Gasteiger partial charge in [0.1, 0.15) is 17.4 Å². The topological polar surface area (TPSA) is 59.4 Å². The number of benzene rings is 1. The average molecular weight is 296 g/mol. The van der Waals surface area contributed by atoms with Gasteiger partial charge >= 0.3 is 5.97 Å². The van der Waals surface area contributed by atoms with E-state index in [0.29, 0.717) is 17.4 Å². The molecule has 1 aromatic heterocycles. The van der Waals surface area contributed by atoms with E-state index in [2.05, 4.69) is 4.98 Å². The summed E-state index contributed by atoms with van der Waals surface area (Å²) in [6, 6.07) is 7.19. The van der Waals surface area contributed by atoms with Crippen molar-refractivity contribution in [3.8, 4) is 5.75 Å². The van der Waals surface area contributed by atoms with E-state index in [9.17, 15) is 4.79 Å². The van der Waals surface area contributed by atoms with Crippen molar-refractivity contribution in [1.82, 2.24) is 4.98 Å². The maximum Gasteiger partial charge on any atom is 0.328 e. The third-order valence-corrected chi connectivity index (χ3v) is 3.40. The van der Waals surface area contributed by atoms with Gasteiger partial charge in [-0.2, -0.15) is 0 Å². The quantitative estimate of drug-likeness (QED) is 0.858. The predicted molar refractivity (Wildman–Crippen MR) is 74.6 cm³/mol. The van der Waals surface area contributed by atoms with Gasteiger partial charge < -0.3 is 9.84 Å². The first-order chi connectivity index (χ1) is 9.15. The molecule has 0 bridgehead atoms. The van der Waals surface area contributed by atoms with Crippen molar-refractivity contribution in [1.29, 1.82) is 0 Å². The highest BCUT2D eigenvalue weighted by molar-refractivity contribution is 7.12. The van der Waals surface area contributed by atoms with Crippen molar-refractivity contribution in [2.75, 3.05) is 0 Å². The molecule has 1 N–H and O–H groups in total. The summed E-state index contributed by atoms with van der Waals surface area (Å²) in [7, 11) is 0. The Labute approximate surface area is 118 Å². The lowest BCUT2D eigenvalue weighted by molar-refractivity contribution is -0.131. The fourth-order valence-electron chi connectivity index (χ4n) is 1.32. The first-order valence-electron chi connectivity index (χ1n) is 5.38. The Morgan fingerprint density at radius 1 is 1.47 bits per heavy atom. The van der Waals surface area contributed by atoms with E-state index in [0.717, 1.165) is 16.0 Å². The molecule has 1 aromatic carbocycles. The molecule has 4 nitrogen and oxygen atoms in total. The van der Waals surface area contributed by atoms with E-state index in [4.69, 9.17) is 21.4 Å². The molecule has 0 amide bonds. The molecule has 0 aliphatic carbocycles. The maximum atomic E-state index is 10.4. The minimum absolute atomic E-state index is 0.301. The number of carbonyl (C=O) groups is 1. The number of carboxylic acids is 1. The van der Waals surface area contributed by atoms with Crippen LogP contribution in [0, 0.1) is 0 Å². The number of aromatic nitrogens is 1. The molecule has 0 saturated carbocycles. The number of aliphatic carboxylic acids is 1. The van der Waals surface area contributed by atoms with Gasteiger partial charge in [-0.3, -0.25) is 0 Å². The van der Waals surface area contributed by atoms with Gasteiger partial charge in [-0.25, -0.2) is 9.78 Å². The van der Waals surface area contributed by atoms with E-state index in [1.807, 2.05) is 12.1 Å². The number of hydrogen-bond acceptors (Lipinski definition) is 4. The molecule has 0 spiro atoms. The zero-order valence-electron chi connectivity index (χ0n) is 9.75. The molecule has 0 aliphatic rings. The predicted octanol–water partition coefficient (Wildman–Crippen LogP) is 3.47. The molecule has 0 radical (unpaired) electrons. The van der Waals surface area contributed by atoms with Crippen LogP contribution in [0.5, 0.6) is 5.75 Å². The highest BCUT2D eigenvalue weighted by Gasteiger charge is 2.04. The Morgan fingerprint density at radius 2 is 2.26 bits per heavy atom. The van der Waals surface area contributed by atoms with Crippen LogP contribution >= 0.6 is 22.9 Å². The third kappa shape index (κ3) is 4.08. The molecular weight excluding hydrogens is 286 g/mol. The van der Waals surface area contributed by atoms with Gasteiger partial charge in [0.25, 0.3) is 0 Å². The van der Waals surface area contributed by atoms with Crippen LogP contribution in [0.3, 0.4) is 0 Å². The van der Waals surface area contributed by atoms with Crippen LogP contribution in [-0.4, -0.2) is 16.1 Å². The molecule has 0 fully saturated rings. The summed E-state index contributed by atoms with van der Waals surface area (Å²) in [5.74, 6) is -0.385. The number of thiazole rings is 1. The van der Waals surface area contributed by atoms with Gasteiger partial charge in [0, 0.05) is 17.2 Å². The van der Waals surface area contributed by atoms with Crippen molar-refractivity contribution < 1.29 is 14.6 Å². The van der Waals surface area contributed by atoms with E-state index < -0.39 is 5.97 Å². The molecule has 6 heteroatoms. The van der Waals surface area contributed by atoms with E-state index in [-0.39, 0.29) is 0 Å². The molecule has 19 heavy (non-hydrogen) atoms. The van der Waals surface area contributed by atoms with Gasteiger partial charge in [-0.1, -0.05) is 23.7 Å². The number of carboxylic acid groups (broad SMARTS) is 1. The Morgan fingerprint density at radius 3 is 3.00 bits per heavy atom. The van der Waals surface area contributed by atoms with E-state index in [1.165, 1.54) is 17.4 Å². The summed E-state index contributed by atoms with van der Waals surface area (Å²) in [5.41, 5.74) is 0. The van der Waals surface area contributed by atoms with Gasteiger partial charge in [0.2, 0.25) is 0 Å². The summed E-state index contributed by atoms with van der Waals surface area (Å²) in [4.78, 5) is 15.3. The van der Waals surface area contributed by atoms with Crippen LogP contribution in [0.1, 0.15) is 9.88 Å². The molecule has 1 heterocycles. The van der Waals surface area contributed by atoms with Crippen molar-refractivity contribution in [2.24, 2.45) is 0 Å². The van der Waals surface area contributed by atoms with Gasteiger partial charge in [-0.15, -0.1) is 11.3 Å². The van der Waals surface area contributed by atoms with Crippen LogP contribution in [0.15, 0.2) is 36.5 Å². The van der Waals surface area contributed by atoms with Crippen molar-refractivity contribution >= 4 is 35.0 Å². The van der Waals surface area contributed by atoms with Gasteiger partial charge in [-0.05, 0) is 18.2 Å². The summed E-state index contributed by atoms with van der Waals surface area (Å²) >= 11 is 7.33. The highest BCUT2D eigenvalue weighted by atomic mass is 35.5. The number of halogens is 1. The number of hydrogen-bond donors (Lipinski definition) is 1. The maximum absolute atomic E-state index is 10.4. The van der Waals surface area contributed by atoms with Crippen LogP contribution in [0.2, 0.25) is 5.02 Å². The third-order valence-electron chi connectivity index (χ3n) is 2.15. The van der Waals surface area contributed by atoms with Crippen LogP contribution in [-0.2, 0) is 11.4 Å². The SMILES string of the molecule is O=C(O)/C=C/c1cnc(COc2ccccc2Cl)s1. The zero-order chi connectivity index (χ0) is 13.7. The standard InChI is InChI=1S/C13H10ClNO3S/c14-10-3-1-2-4-11(10)18-8-12-15-7-9(19-12)5-6-13(16)17/h1-7H,8H2,(H,16,17)/b6-5+. The van der Waals surface area contributed by atoms with Crippen molar-refractivity contribution in [2.45, 2.75) is 6.61 Å². The second-order valence-corrected chi connectivity index (χ2v) is 5.10. The lowest BCUT2D eigenvalue weighted by Crippen LogP contribution is -1.94. The zero-order valence-corrected chi connectivity index (χ0v) is 11.3. The fourth-order valence-corrected chi connectivity index (χ4v) is 2.25. The second kappa shape index (κ2) is 6.36. The lowest BCUT2D eigenvalue weighted by atomic mass is 10.3. The van der Waals surface area contributed by atoms with E-state index >= 15 is 0 Å². The van der Waals surface area contributed by atoms with Crippen LogP contribution in [0.25, 0.3) is 6.08 Å². The summed E-state index contributed by atoms with van der Waals surface area (Å²) in [6.45, 7) is 0.301. The molecule has 0 aliphatic heterocycles. The molecule has 0 atom stereocenters. The highest BCUT2D eigenvalue weighted by Crippen LogP contribution is 2.25. The molecule has 2 rings (SSSR count). The first kappa shape index (κ1) is 13.6. The first-order valence-corrected chi connectivity index (χ1v) is 6.57.